The van der Waals surface area contributed by atoms with Gasteiger partial charge in [-0.25, -0.2) is 0 Å². The van der Waals surface area contributed by atoms with Crippen molar-refractivity contribution in [2.75, 3.05) is 31.1 Å². The van der Waals surface area contributed by atoms with Gasteiger partial charge < -0.3 is 24.8 Å². The molecule has 5 rings (SSSR count). The number of phenolic OH excluding ortho intramolecular Hbond substituents is 2. The van der Waals surface area contributed by atoms with Crippen LogP contribution < -0.4 is 0 Å². The van der Waals surface area contributed by atoms with Gasteiger partial charge in [-0.3, -0.25) is 23.5 Å². The van der Waals surface area contributed by atoms with Crippen LogP contribution in [0.1, 0.15) is 75.8 Å². The second kappa shape index (κ2) is 13.1. The van der Waals surface area contributed by atoms with Crippen molar-refractivity contribution < 1.29 is 51.8 Å². The van der Waals surface area contributed by atoms with Crippen molar-refractivity contribution in [1.82, 2.24) is 4.90 Å². The molecule has 0 amide bonds. The van der Waals surface area contributed by atoms with Crippen molar-refractivity contribution in [3.63, 3.8) is 0 Å². The maximum atomic E-state index is 13.6. The number of ketones is 3. The number of carbonyl (C=O) groups excluding carboxylic acids is 3. The highest BCUT2D eigenvalue weighted by molar-refractivity contribution is 7.86. The number of hydrogen-bond donors (Lipinski definition) is 3. The molecule has 15 heteroatoms. The van der Waals surface area contributed by atoms with Crippen LogP contribution in [0.4, 0.5) is 0 Å². The third-order valence-corrected chi connectivity index (χ3v) is 9.80. The van der Waals surface area contributed by atoms with E-state index in [2.05, 4.69) is 0 Å². The molecule has 1 fully saturated rings. The van der Waals surface area contributed by atoms with Gasteiger partial charge in [0.1, 0.15) is 23.2 Å². The number of alkyl halides is 2. The van der Waals surface area contributed by atoms with Crippen molar-refractivity contribution in [2.24, 2.45) is 0 Å². The summed E-state index contributed by atoms with van der Waals surface area (Å²) in [6.45, 7) is 3.43. The molecule has 0 radical (unpaired) electrons. The zero-order chi connectivity index (χ0) is 33.7. The number of Topliss-reactive ketones (excluding diaryl/α,β-unsaturated/α-hetero) is 1. The van der Waals surface area contributed by atoms with E-state index < -0.39 is 92.8 Å². The Hall–Kier alpha value is -2.62. The van der Waals surface area contributed by atoms with Crippen molar-refractivity contribution in [2.45, 2.75) is 69.4 Å². The minimum atomic E-state index is -3.92. The zero-order valence-corrected chi connectivity index (χ0v) is 27.7. The quantitative estimate of drug-likeness (QED) is 0.160. The third-order valence-electron chi connectivity index (χ3n) is 8.89. The van der Waals surface area contributed by atoms with E-state index in [0.717, 1.165) is 6.26 Å². The molecule has 3 aliphatic rings. The van der Waals surface area contributed by atoms with Crippen LogP contribution in [0.15, 0.2) is 24.3 Å². The number of carbonyl (C=O) groups is 3. The maximum absolute atomic E-state index is 13.6. The van der Waals surface area contributed by atoms with E-state index in [4.69, 9.17) is 36.9 Å². The number of hydrogen-bond acceptors (Lipinski definition) is 12. The van der Waals surface area contributed by atoms with Crippen LogP contribution in [0.25, 0.3) is 0 Å². The Morgan fingerprint density at radius 2 is 1.63 bits per heavy atom. The number of halogens is 2. The Morgan fingerprint density at radius 1 is 1.07 bits per heavy atom. The van der Waals surface area contributed by atoms with E-state index in [0.29, 0.717) is 13.1 Å². The Balaban J connectivity index is 1.59. The van der Waals surface area contributed by atoms with Crippen LogP contribution in [0.2, 0.25) is 0 Å². The average molecular weight is 701 g/mol. The molecule has 0 bridgehead atoms. The van der Waals surface area contributed by atoms with Crippen LogP contribution in [0.3, 0.4) is 0 Å². The number of nitrogens with zero attached hydrogens (tertiary/aromatic N) is 1. The fraction of sp³-hybridized carbons (Fsp3) is 0.516. The molecular formula is C31H35Cl2NO11S. The lowest BCUT2D eigenvalue weighted by molar-refractivity contribution is -0.254. The van der Waals surface area contributed by atoms with E-state index in [1.165, 1.54) is 19.1 Å². The van der Waals surface area contributed by atoms with Gasteiger partial charge >= 0.3 is 0 Å². The highest BCUT2D eigenvalue weighted by Gasteiger charge is 2.50. The van der Waals surface area contributed by atoms with Gasteiger partial charge in [0.15, 0.2) is 23.6 Å². The Bertz CT molecular complexity index is 1680. The normalized spacial score (nSPS) is 27.7. The van der Waals surface area contributed by atoms with Crippen LogP contribution >= 0.6 is 23.2 Å². The van der Waals surface area contributed by atoms with Gasteiger partial charge in [0.25, 0.3) is 10.1 Å². The molecule has 2 aliphatic carbocycles. The number of rotatable bonds is 10. The maximum Gasteiger partial charge on any atom is 0.264 e. The number of phenols is 2. The first-order valence-corrected chi connectivity index (χ1v) is 17.6. The van der Waals surface area contributed by atoms with E-state index in [1.54, 1.807) is 19.1 Å². The monoisotopic (exact) mass is 699 g/mol. The third kappa shape index (κ3) is 6.31. The molecule has 12 nitrogen and oxygen atoms in total. The fourth-order valence-corrected chi connectivity index (χ4v) is 7.84. The molecule has 0 saturated carbocycles. The number of aromatic hydroxyl groups is 2. The molecule has 46 heavy (non-hydrogen) atoms. The number of fused-ring (bicyclic) bond motifs is 3. The predicted molar refractivity (Wildman–Crippen MR) is 166 cm³/mol. The van der Waals surface area contributed by atoms with Crippen molar-refractivity contribution in [1.29, 1.82) is 0 Å². The summed E-state index contributed by atoms with van der Waals surface area (Å²) in [5.41, 5.74) is -2.99. The van der Waals surface area contributed by atoms with Gasteiger partial charge in [-0.2, -0.15) is 8.42 Å². The largest absolute Gasteiger partial charge is 0.507 e. The van der Waals surface area contributed by atoms with Crippen LogP contribution in [-0.2, 0) is 35.0 Å². The number of aliphatic hydroxyl groups is 1. The van der Waals surface area contributed by atoms with Gasteiger partial charge in [-0.1, -0.05) is 24.3 Å². The molecule has 2 aromatic carbocycles. The molecule has 1 aliphatic heterocycles. The molecular weight excluding hydrogens is 665 g/mol. The topological polar surface area (TPSA) is 177 Å². The first kappa shape index (κ1) is 34.7. The fourth-order valence-electron chi connectivity index (χ4n) is 6.72. The van der Waals surface area contributed by atoms with Gasteiger partial charge in [0.2, 0.25) is 0 Å². The van der Waals surface area contributed by atoms with E-state index in [9.17, 15) is 38.1 Å². The van der Waals surface area contributed by atoms with Crippen LogP contribution in [0.5, 0.6) is 11.5 Å². The average Bonchev–Trinajstić information content (AvgIpc) is 2.98. The second-order valence-corrected chi connectivity index (χ2v) is 14.2. The van der Waals surface area contributed by atoms with Gasteiger partial charge in [0.05, 0.1) is 29.6 Å². The smallest absolute Gasteiger partial charge is 0.264 e. The minimum Gasteiger partial charge on any atom is -0.507 e. The number of ether oxygens (including phenoxy) is 2. The Morgan fingerprint density at radius 3 is 2.15 bits per heavy atom. The molecule has 0 spiro atoms. The summed E-state index contributed by atoms with van der Waals surface area (Å²) in [5, 5.41) is 34.6. The van der Waals surface area contributed by atoms with Crippen LogP contribution in [-0.4, -0.2) is 107 Å². The zero-order valence-electron chi connectivity index (χ0n) is 25.4. The summed E-state index contributed by atoms with van der Waals surface area (Å²) >= 11 is 12.1. The lowest BCUT2D eigenvalue weighted by Gasteiger charge is -2.46. The molecule has 2 aromatic rings. The van der Waals surface area contributed by atoms with Gasteiger partial charge in [-0.05, 0) is 13.8 Å². The second-order valence-electron chi connectivity index (χ2n) is 11.9. The Labute approximate surface area is 276 Å². The summed E-state index contributed by atoms with van der Waals surface area (Å²) in [6.07, 6.45) is -4.15. The Kier molecular flexibility index (Phi) is 9.90. The predicted octanol–water partition coefficient (Wildman–Crippen LogP) is 2.83. The standard InChI is InChI=1S/C31H35Cl2NO11S/c1-15-30(45-46(3,41)42)20(34(10-8-32)11-9-33)12-22(43-15)44-21-14-31(40,16(2)35)13-19-23(21)29(39)25-24(28(19)38)26(36)17-6-4-5-7-18(17)27(25)37/h4-7,15,20-22,30,38-40H,8-14H2,1-3H3/t15?,20?,21-,22?,30?,31-/m0/s1. The summed E-state index contributed by atoms with van der Waals surface area (Å²) < 4.78 is 42.2. The molecule has 250 valence electrons. The molecule has 1 saturated heterocycles. The summed E-state index contributed by atoms with van der Waals surface area (Å²) in [4.78, 5) is 41.7. The van der Waals surface area contributed by atoms with Crippen molar-refractivity contribution >= 4 is 50.7 Å². The lowest BCUT2D eigenvalue weighted by Crippen LogP contribution is -2.58. The van der Waals surface area contributed by atoms with Crippen LogP contribution in [0, 0.1) is 0 Å². The first-order chi connectivity index (χ1) is 21.6. The van der Waals surface area contributed by atoms with E-state index >= 15 is 0 Å². The molecule has 0 aromatic heterocycles. The van der Waals surface area contributed by atoms with E-state index in [1.807, 2.05) is 4.90 Å². The summed E-state index contributed by atoms with van der Waals surface area (Å²) in [7, 11) is -3.92. The summed E-state index contributed by atoms with van der Waals surface area (Å²) in [5.74, 6) is -2.88. The highest BCUT2D eigenvalue weighted by atomic mass is 35.5. The van der Waals surface area contributed by atoms with Gasteiger partial charge in [0, 0.05) is 72.4 Å². The summed E-state index contributed by atoms with van der Waals surface area (Å²) in [6, 6.07) is 5.38. The van der Waals surface area contributed by atoms with E-state index in [-0.39, 0.29) is 46.9 Å². The first-order valence-electron chi connectivity index (χ1n) is 14.7. The van der Waals surface area contributed by atoms with Gasteiger partial charge in [-0.15, -0.1) is 23.2 Å². The van der Waals surface area contributed by atoms with Crippen molar-refractivity contribution in [3.8, 4) is 11.5 Å². The molecule has 1 heterocycles. The van der Waals surface area contributed by atoms with Crippen molar-refractivity contribution in [3.05, 3.63) is 57.6 Å². The minimum absolute atomic E-state index is 0.0190. The number of benzene rings is 2. The highest BCUT2D eigenvalue weighted by Crippen LogP contribution is 2.52. The molecule has 4 unspecified atom stereocenters. The lowest BCUT2D eigenvalue weighted by atomic mass is 9.72. The SMILES string of the molecule is CC(=O)[C@]1(O)Cc2c(O)c3c(c(O)c2[C@@H](OC2CC(N(CCCl)CCCl)C(OS(C)(=O)=O)C(C)O2)C1)C(=O)c1ccccc1C3=O. The molecule has 3 N–H and O–H groups in total. The molecule has 6 atom stereocenters.